The molecule has 0 saturated carbocycles. The number of carbonyl (C=O) groups is 1. The van der Waals surface area contributed by atoms with Crippen LogP contribution in [0.1, 0.15) is 24.2 Å². The molecule has 2 unspecified atom stereocenters. The van der Waals surface area contributed by atoms with Crippen LogP contribution in [0.25, 0.3) is 0 Å². The van der Waals surface area contributed by atoms with E-state index >= 15 is 0 Å². The van der Waals surface area contributed by atoms with Crippen molar-refractivity contribution in [1.82, 2.24) is 4.90 Å². The zero-order valence-corrected chi connectivity index (χ0v) is 11.6. The summed E-state index contributed by atoms with van der Waals surface area (Å²) < 4.78 is 27.2. The number of rotatable bonds is 1. The summed E-state index contributed by atoms with van der Waals surface area (Å²) in [4.78, 5) is 13.9. The molecule has 1 heterocycles. The lowest BCUT2D eigenvalue weighted by atomic mass is 10.1. The van der Waals surface area contributed by atoms with Crippen LogP contribution in [0.15, 0.2) is 12.1 Å². The monoisotopic (exact) mass is 286 g/mol. The molecule has 0 radical (unpaired) electrons. The molecular weight excluding hydrogens is 270 g/mol. The van der Waals surface area contributed by atoms with E-state index in [1.807, 2.05) is 13.8 Å². The second-order valence-corrected chi connectivity index (χ2v) is 6.16. The number of nitrogens with zero attached hydrogens (tertiary/aromatic N) is 1. The molecule has 1 amide bonds. The highest BCUT2D eigenvalue weighted by Crippen LogP contribution is 2.27. The summed E-state index contributed by atoms with van der Waals surface area (Å²) >= 11 is 1.77. The first kappa shape index (κ1) is 14.1. The summed E-state index contributed by atoms with van der Waals surface area (Å²) in [7, 11) is 0. The fourth-order valence-electron chi connectivity index (χ4n) is 2.14. The average molecular weight is 286 g/mol. The van der Waals surface area contributed by atoms with Crippen LogP contribution < -0.4 is 5.73 Å². The smallest absolute Gasteiger partial charge is 0.257 e. The molecule has 0 aliphatic carbocycles. The highest BCUT2D eigenvalue weighted by Gasteiger charge is 2.31. The first-order chi connectivity index (χ1) is 8.91. The van der Waals surface area contributed by atoms with E-state index < -0.39 is 17.5 Å². The van der Waals surface area contributed by atoms with Gasteiger partial charge in [0.1, 0.15) is 5.82 Å². The summed E-state index contributed by atoms with van der Waals surface area (Å²) in [6.45, 7) is 4.46. The third-order valence-electron chi connectivity index (χ3n) is 3.44. The Morgan fingerprint density at radius 2 is 2.11 bits per heavy atom. The van der Waals surface area contributed by atoms with Crippen LogP contribution >= 0.6 is 11.8 Å². The minimum atomic E-state index is -0.843. The zero-order valence-electron chi connectivity index (χ0n) is 10.8. The fourth-order valence-corrected chi connectivity index (χ4v) is 3.24. The standard InChI is InChI=1S/C13H16F2N2OS/c1-7-8(2)19-4-3-17(7)13(18)10-5-9(14)6-11(16)12(10)15/h5-8H,3-4,16H2,1-2H3. The molecule has 1 aliphatic rings. The number of nitrogens with two attached hydrogens (primary N) is 1. The number of carbonyl (C=O) groups excluding carboxylic acids is 1. The highest BCUT2D eigenvalue weighted by atomic mass is 32.2. The largest absolute Gasteiger partial charge is 0.396 e. The van der Waals surface area contributed by atoms with Gasteiger partial charge in [-0.1, -0.05) is 6.92 Å². The third-order valence-corrected chi connectivity index (χ3v) is 4.78. The molecular formula is C13H16F2N2OS. The first-order valence-electron chi connectivity index (χ1n) is 6.09. The molecule has 1 aromatic rings. The van der Waals surface area contributed by atoms with Crippen molar-refractivity contribution in [3.05, 3.63) is 29.3 Å². The van der Waals surface area contributed by atoms with Crippen LogP contribution in [0.5, 0.6) is 0 Å². The predicted molar refractivity (Wildman–Crippen MR) is 73.2 cm³/mol. The van der Waals surface area contributed by atoms with E-state index in [9.17, 15) is 13.6 Å². The van der Waals surface area contributed by atoms with Crippen molar-refractivity contribution >= 4 is 23.4 Å². The number of halogens is 2. The average Bonchev–Trinajstić information content (AvgIpc) is 2.36. The Bertz CT molecular complexity index is 510. The van der Waals surface area contributed by atoms with Gasteiger partial charge in [0.25, 0.3) is 5.91 Å². The van der Waals surface area contributed by atoms with Gasteiger partial charge in [0.2, 0.25) is 0 Å². The fraction of sp³-hybridized carbons (Fsp3) is 0.462. The van der Waals surface area contributed by atoms with Gasteiger partial charge in [-0.15, -0.1) is 0 Å². The van der Waals surface area contributed by atoms with E-state index in [4.69, 9.17) is 5.73 Å². The van der Waals surface area contributed by atoms with Crippen molar-refractivity contribution < 1.29 is 13.6 Å². The van der Waals surface area contributed by atoms with E-state index in [1.54, 1.807) is 16.7 Å². The maximum Gasteiger partial charge on any atom is 0.257 e. The van der Waals surface area contributed by atoms with Crippen molar-refractivity contribution in [2.75, 3.05) is 18.0 Å². The normalized spacial score (nSPS) is 23.5. The molecule has 1 saturated heterocycles. The number of nitrogen functional groups attached to an aromatic ring is 1. The maximum absolute atomic E-state index is 13.9. The summed E-state index contributed by atoms with van der Waals surface area (Å²) in [6, 6.07) is 1.77. The van der Waals surface area contributed by atoms with E-state index in [2.05, 4.69) is 0 Å². The van der Waals surface area contributed by atoms with E-state index in [0.717, 1.165) is 17.9 Å². The lowest BCUT2D eigenvalue weighted by molar-refractivity contribution is 0.0693. The number of hydrogen-bond donors (Lipinski definition) is 1. The molecule has 0 bridgehead atoms. The van der Waals surface area contributed by atoms with Gasteiger partial charge in [0.05, 0.1) is 11.3 Å². The molecule has 6 heteroatoms. The molecule has 1 fully saturated rings. The third kappa shape index (κ3) is 2.68. The Labute approximate surface area is 115 Å². The minimum absolute atomic E-state index is 0.0184. The Kier molecular flexibility index (Phi) is 3.99. The van der Waals surface area contributed by atoms with Gasteiger partial charge < -0.3 is 10.6 Å². The minimum Gasteiger partial charge on any atom is -0.396 e. The van der Waals surface area contributed by atoms with Gasteiger partial charge in [-0.25, -0.2) is 8.78 Å². The van der Waals surface area contributed by atoms with E-state index in [0.29, 0.717) is 6.54 Å². The predicted octanol–water partition coefficient (Wildman–Crippen LogP) is 2.51. The summed E-state index contributed by atoms with van der Waals surface area (Å²) in [6.07, 6.45) is 0. The molecule has 2 atom stereocenters. The van der Waals surface area contributed by atoms with Gasteiger partial charge >= 0.3 is 0 Å². The maximum atomic E-state index is 13.9. The molecule has 3 nitrogen and oxygen atoms in total. The van der Waals surface area contributed by atoms with Gasteiger partial charge in [-0.2, -0.15) is 11.8 Å². The van der Waals surface area contributed by atoms with Crippen LogP contribution in [0.4, 0.5) is 14.5 Å². The lowest BCUT2D eigenvalue weighted by Crippen LogP contribution is -2.48. The topological polar surface area (TPSA) is 46.3 Å². The van der Waals surface area contributed by atoms with Crippen LogP contribution in [-0.2, 0) is 0 Å². The van der Waals surface area contributed by atoms with E-state index in [-0.39, 0.29) is 22.5 Å². The van der Waals surface area contributed by atoms with Crippen molar-refractivity contribution in [3.63, 3.8) is 0 Å². The first-order valence-corrected chi connectivity index (χ1v) is 7.13. The number of anilines is 1. The Hall–Kier alpha value is -1.30. The molecule has 0 spiro atoms. The summed E-state index contributed by atoms with van der Waals surface area (Å²) in [5.41, 5.74) is 4.73. The molecule has 1 aromatic carbocycles. The van der Waals surface area contributed by atoms with Crippen molar-refractivity contribution in [2.45, 2.75) is 25.1 Å². The van der Waals surface area contributed by atoms with Crippen LogP contribution in [-0.4, -0.2) is 34.4 Å². The number of benzene rings is 1. The van der Waals surface area contributed by atoms with Crippen LogP contribution in [0.3, 0.4) is 0 Å². The molecule has 2 N–H and O–H groups in total. The zero-order chi connectivity index (χ0) is 14.2. The Morgan fingerprint density at radius 3 is 2.79 bits per heavy atom. The Balaban J connectivity index is 2.34. The van der Waals surface area contributed by atoms with Gasteiger partial charge in [0.15, 0.2) is 5.82 Å². The summed E-state index contributed by atoms with van der Waals surface area (Å²) in [5.74, 6) is -1.24. The molecule has 2 rings (SSSR count). The van der Waals surface area contributed by atoms with Crippen LogP contribution in [0.2, 0.25) is 0 Å². The number of amides is 1. The highest BCUT2D eigenvalue weighted by molar-refractivity contribution is 8.00. The molecule has 104 valence electrons. The number of thioether (sulfide) groups is 1. The Morgan fingerprint density at radius 1 is 1.42 bits per heavy atom. The lowest BCUT2D eigenvalue weighted by Gasteiger charge is -2.37. The molecule has 1 aliphatic heterocycles. The second-order valence-electron chi connectivity index (χ2n) is 4.67. The van der Waals surface area contributed by atoms with Gasteiger partial charge in [0, 0.05) is 23.6 Å². The van der Waals surface area contributed by atoms with Gasteiger partial charge in [-0.05, 0) is 19.1 Å². The SMILES string of the molecule is CC1SCCN(C(=O)c2cc(F)cc(N)c2F)C1C. The quantitative estimate of drug-likeness (QED) is 0.807. The summed E-state index contributed by atoms with van der Waals surface area (Å²) in [5, 5.41) is 0.270. The second kappa shape index (κ2) is 5.36. The molecule has 19 heavy (non-hydrogen) atoms. The number of hydrogen-bond acceptors (Lipinski definition) is 3. The van der Waals surface area contributed by atoms with Crippen LogP contribution in [0, 0.1) is 11.6 Å². The van der Waals surface area contributed by atoms with Crippen molar-refractivity contribution in [3.8, 4) is 0 Å². The van der Waals surface area contributed by atoms with Crippen molar-refractivity contribution in [1.29, 1.82) is 0 Å². The van der Waals surface area contributed by atoms with Crippen molar-refractivity contribution in [2.24, 2.45) is 0 Å². The van der Waals surface area contributed by atoms with Gasteiger partial charge in [-0.3, -0.25) is 4.79 Å². The van der Waals surface area contributed by atoms with E-state index in [1.165, 1.54) is 0 Å². The molecule has 0 aromatic heterocycles.